The predicted octanol–water partition coefficient (Wildman–Crippen LogP) is 4.19. The molecule has 0 spiro atoms. The topological polar surface area (TPSA) is 24.9 Å². The van der Waals surface area contributed by atoms with Crippen LogP contribution in [0.2, 0.25) is 0 Å². The van der Waals surface area contributed by atoms with Crippen LogP contribution in [0.3, 0.4) is 0 Å². The average Bonchev–Trinajstić information content (AvgIpc) is 2.42. The molecule has 1 N–H and O–H groups in total. The van der Waals surface area contributed by atoms with Crippen LogP contribution in [0.4, 0.5) is 0 Å². The maximum absolute atomic E-state index is 4.26. The smallest absolute Gasteiger partial charge is 0.0537 e. The molecule has 1 heterocycles. The van der Waals surface area contributed by atoms with Gasteiger partial charge in [0.15, 0.2) is 0 Å². The monoisotopic (exact) mass is 258 g/mol. The summed E-state index contributed by atoms with van der Waals surface area (Å²) in [6.45, 7) is 2.21. The van der Waals surface area contributed by atoms with Crippen molar-refractivity contribution in [2.75, 3.05) is 7.05 Å². The van der Waals surface area contributed by atoms with E-state index in [2.05, 4.69) is 36.4 Å². The maximum Gasteiger partial charge on any atom is 0.0537 e. The van der Waals surface area contributed by atoms with E-state index in [-0.39, 0.29) is 0 Å². The van der Waals surface area contributed by atoms with Crippen molar-refractivity contribution in [3.63, 3.8) is 0 Å². The van der Waals surface area contributed by atoms with Gasteiger partial charge in [0, 0.05) is 12.4 Å². The summed E-state index contributed by atoms with van der Waals surface area (Å²) in [5, 5.41) is 3.51. The lowest BCUT2D eigenvalue weighted by atomic mass is 9.89. The minimum atomic E-state index is 0.371. The van der Waals surface area contributed by atoms with Crippen molar-refractivity contribution >= 4 is 0 Å². The van der Waals surface area contributed by atoms with Gasteiger partial charge in [0.25, 0.3) is 0 Å². The summed E-state index contributed by atoms with van der Waals surface area (Å²) in [5.41, 5.74) is 4.35. The van der Waals surface area contributed by atoms with Crippen molar-refractivity contribution in [3.8, 4) is 0 Å². The third-order valence-electron chi connectivity index (χ3n) is 4.12. The number of allylic oxidation sites excluding steroid dienone is 1. The van der Waals surface area contributed by atoms with Gasteiger partial charge < -0.3 is 5.32 Å². The summed E-state index contributed by atoms with van der Waals surface area (Å²) in [6.07, 6.45) is 15.4. The zero-order valence-electron chi connectivity index (χ0n) is 12.3. The van der Waals surface area contributed by atoms with E-state index in [4.69, 9.17) is 0 Å². The van der Waals surface area contributed by atoms with Crippen LogP contribution in [0.25, 0.3) is 0 Å². The fourth-order valence-corrected chi connectivity index (χ4v) is 3.03. The molecule has 1 atom stereocenters. The number of hydrogen-bond acceptors (Lipinski definition) is 2. The first-order chi connectivity index (χ1) is 9.36. The molecule has 1 unspecified atom stereocenters. The first kappa shape index (κ1) is 14.3. The lowest BCUT2D eigenvalue weighted by Crippen LogP contribution is -2.20. The van der Waals surface area contributed by atoms with Crippen LogP contribution in [0, 0.1) is 0 Å². The molecule has 0 aliphatic heterocycles. The summed E-state index contributed by atoms with van der Waals surface area (Å²) < 4.78 is 0. The van der Waals surface area contributed by atoms with Crippen LogP contribution < -0.4 is 5.32 Å². The van der Waals surface area contributed by atoms with Crippen LogP contribution in [0.15, 0.2) is 30.1 Å². The van der Waals surface area contributed by atoms with Crippen LogP contribution in [-0.4, -0.2) is 12.0 Å². The van der Waals surface area contributed by atoms with E-state index in [1.54, 1.807) is 5.57 Å². The third-order valence-corrected chi connectivity index (χ3v) is 4.12. The Bertz CT molecular complexity index is 423. The Kier molecular flexibility index (Phi) is 5.59. The summed E-state index contributed by atoms with van der Waals surface area (Å²) in [4.78, 5) is 4.26. The Morgan fingerprint density at radius 2 is 2.11 bits per heavy atom. The van der Waals surface area contributed by atoms with Gasteiger partial charge in [-0.1, -0.05) is 31.4 Å². The number of hydrogen-bond donors (Lipinski definition) is 1. The summed E-state index contributed by atoms with van der Waals surface area (Å²) in [6, 6.07) is 2.55. The van der Waals surface area contributed by atoms with Crippen molar-refractivity contribution in [1.29, 1.82) is 0 Å². The Morgan fingerprint density at radius 3 is 2.89 bits per heavy atom. The second-order valence-electron chi connectivity index (χ2n) is 5.38. The summed E-state index contributed by atoms with van der Waals surface area (Å²) >= 11 is 0. The van der Waals surface area contributed by atoms with Gasteiger partial charge in [-0.25, -0.2) is 0 Å². The zero-order chi connectivity index (χ0) is 13.5. The molecule has 2 nitrogen and oxygen atoms in total. The molecule has 0 saturated carbocycles. The quantitative estimate of drug-likeness (QED) is 0.819. The van der Waals surface area contributed by atoms with E-state index in [0.29, 0.717) is 6.04 Å². The molecule has 2 rings (SSSR count). The van der Waals surface area contributed by atoms with E-state index >= 15 is 0 Å². The number of likely N-dealkylation sites (N-methyl/N-ethyl adjacent to an activating group) is 1. The molecule has 1 aliphatic carbocycles. The van der Waals surface area contributed by atoms with Crippen LogP contribution in [0.5, 0.6) is 0 Å². The lowest BCUT2D eigenvalue weighted by Gasteiger charge is -2.24. The Balaban J connectivity index is 2.27. The lowest BCUT2D eigenvalue weighted by molar-refractivity contribution is 0.571. The van der Waals surface area contributed by atoms with Crippen LogP contribution in [0.1, 0.15) is 62.6 Å². The van der Waals surface area contributed by atoms with E-state index in [0.717, 1.165) is 6.42 Å². The van der Waals surface area contributed by atoms with Crippen molar-refractivity contribution in [2.24, 2.45) is 0 Å². The summed E-state index contributed by atoms with van der Waals surface area (Å²) in [5.74, 6) is 0. The fourth-order valence-electron chi connectivity index (χ4n) is 3.03. The number of nitrogens with one attached hydrogen (secondary N) is 1. The highest BCUT2D eigenvalue weighted by molar-refractivity contribution is 5.33. The number of aromatic nitrogens is 1. The molecule has 0 saturated heterocycles. The van der Waals surface area contributed by atoms with Gasteiger partial charge in [-0.3, -0.25) is 4.98 Å². The van der Waals surface area contributed by atoms with Crippen molar-refractivity contribution in [3.05, 3.63) is 41.2 Å². The van der Waals surface area contributed by atoms with Crippen LogP contribution in [-0.2, 0) is 6.42 Å². The molecule has 1 aromatic heterocycles. The van der Waals surface area contributed by atoms with Gasteiger partial charge in [-0.15, -0.1) is 0 Å². The van der Waals surface area contributed by atoms with Crippen molar-refractivity contribution in [2.45, 2.75) is 57.9 Å². The zero-order valence-corrected chi connectivity index (χ0v) is 12.3. The molecule has 19 heavy (non-hydrogen) atoms. The van der Waals surface area contributed by atoms with Gasteiger partial charge in [-0.05, 0) is 56.3 Å². The highest BCUT2D eigenvalue weighted by Gasteiger charge is 2.17. The number of aryl methyl sites for hydroxylation is 1. The average molecular weight is 258 g/mol. The van der Waals surface area contributed by atoms with Gasteiger partial charge in [-0.2, -0.15) is 0 Å². The number of nitrogens with zero attached hydrogens (tertiary/aromatic N) is 1. The van der Waals surface area contributed by atoms with E-state index in [1.165, 1.54) is 49.7 Å². The normalized spacial score (nSPS) is 21.1. The third kappa shape index (κ3) is 3.66. The molecule has 1 aliphatic rings. The molecule has 0 aromatic carbocycles. The summed E-state index contributed by atoms with van der Waals surface area (Å²) in [7, 11) is 2.07. The maximum atomic E-state index is 4.26. The predicted molar refractivity (Wildman–Crippen MR) is 81.2 cm³/mol. The van der Waals surface area contributed by atoms with Gasteiger partial charge in [0.1, 0.15) is 0 Å². The fraction of sp³-hybridized carbons (Fsp3) is 0.588. The number of rotatable bonds is 4. The molecular formula is C17H26N2. The standard InChI is InChI=1S/C17H26N2/c1-3-14-13-19-12-11-16(14)17(18-2)15-9-7-5-4-6-8-10-15/h9,11-13,17-18H,3-8,10H2,1-2H3/b15-9+. The van der Waals surface area contributed by atoms with Gasteiger partial charge in [0.05, 0.1) is 6.04 Å². The SMILES string of the molecule is CCc1cnccc1C(NC)/C1=C/CCCCCC1. The second kappa shape index (κ2) is 7.44. The molecular weight excluding hydrogens is 232 g/mol. The minimum absolute atomic E-state index is 0.371. The van der Waals surface area contributed by atoms with Gasteiger partial charge >= 0.3 is 0 Å². The Hall–Kier alpha value is -1.15. The molecule has 104 valence electrons. The second-order valence-corrected chi connectivity index (χ2v) is 5.38. The van der Waals surface area contributed by atoms with Crippen molar-refractivity contribution < 1.29 is 0 Å². The minimum Gasteiger partial charge on any atom is -0.310 e. The van der Waals surface area contributed by atoms with Crippen LogP contribution >= 0.6 is 0 Å². The molecule has 0 amide bonds. The Labute approximate surface area is 117 Å². The Morgan fingerprint density at radius 1 is 1.26 bits per heavy atom. The van der Waals surface area contributed by atoms with E-state index < -0.39 is 0 Å². The first-order valence-corrected chi connectivity index (χ1v) is 7.65. The number of pyridine rings is 1. The van der Waals surface area contributed by atoms with Crippen molar-refractivity contribution in [1.82, 2.24) is 10.3 Å². The highest BCUT2D eigenvalue weighted by Crippen LogP contribution is 2.30. The molecule has 0 bridgehead atoms. The molecule has 2 heteroatoms. The highest BCUT2D eigenvalue weighted by atomic mass is 14.9. The van der Waals surface area contributed by atoms with Gasteiger partial charge in [0.2, 0.25) is 0 Å². The first-order valence-electron chi connectivity index (χ1n) is 7.65. The van der Waals surface area contributed by atoms with E-state index in [1.807, 2.05) is 12.4 Å². The van der Waals surface area contributed by atoms with E-state index in [9.17, 15) is 0 Å². The molecule has 0 radical (unpaired) electrons. The molecule has 0 fully saturated rings. The largest absolute Gasteiger partial charge is 0.310 e. The molecule has 1 aromatic rings.